The number of anilines is 1. The molecular formula is C17H15ClN2O. The van der Waals surface area contributed by atoms with Crippen molar-refractivity contribution in [1.82, 2.24) is 4.90 Å². The predicted molar refractivity (Wildman–Crippen MR) is 83.6 cm³/mol. The lowest BCUT2D eigenvalue weighted by Gasteiger charge is -2.38. The molecule has 1 atom stereocenters. The van der Waals surface area contributed by atoms with Gasteiger partial charge >= 0.3 is 6.03 Å². The zero-order valence-electron chi connectivity index (χ0n) is 11.4. The van der Waals surface area contributed by atoms with Crippen LogP contribution in [0.5, 0.6) is 0 Å². The molecule has 106 valence electrons. The number of rotatable bonds is 2. The molecule has 0 radical (unpaired) electrons. The van der Waals surface area contributed by atoms with E-state index in [9.17, 15) is 4.79 Å². The quantitative estimate of drug-likeness (QED) is 0.873. The van der Waals surface area contributed by atoms with Crippen molar-refractivity contribution in [1.29, 1.82) is 0 Å². The van der Waals surface area contributed by atoms with Crippen LogP contribution >= 0.6 is 11.6 Å². The minimum absolute atomic E-state index is 0.0128. The first-order valence-corrected chi connectivity index (χ1v) is 7.55. The molecule has 1 saturated carbocycles. The Kier molecular flexibility index (Phi) is 2.89. The van der Waals surface area contributed by atoms with Crippen LogP contribution in [0.2, 0.25) is 5.02 Å². The zero-order valence-corrected chi connectivity index (χ0v) is 12.2. The average molecular weight is 299 g/mol. The molecule has 4 rings (SSSR count). The van der Waals surface area contributed by atoms with E-state index in [-0.39, 0.29) is 12.1 Å². The first kappa shape index (κ1) is 12.7. The number of fused-ring (bicyclic) bond motifs is 1. The second kappa shape index (κ2) is 4.78. The van der Waals surface area contributed by atoms with Crippen LogP contribution in [0, 0.1) is 0 Å². The van der Waals surface area contributed by atoms with Crippen LogP contribution in [-0.2, 0) is 0 Å². The fourth-order valence-electron chi connectivity index (χ4n) is 3.03. The normalized spacial score (nSPS) is 20.9. The summed E-state index contributed by atoms with van der Waals surface area (Å²) in [4.78, 5) is 14.5. The first-order valence-electron chi connectivity index (χ1n) is 7.18. The topological polar surface area (TPSA) is 32.3 Å². The van der Waals surface area contributed by atoms with Gasteiger partial charge in [-0.1, -0.05) is 41.9 Å². The molecule has 2 amide bonds. The summed E-state index contributed by atoms with van der Waals surface area (Å²) in [6.07, 6.45) is 2.15. The third-order valence-corrected chi connectivity index (χ3v) is 4.35. The Morgan fingerprint density at radius 3 is 2.57 bits per heavy atom. The van der Waals surface area contributed by atoms with Crippen molar-refractivity contribution in [3.63, 3.8) is 0 Å². The van der Waals surface area contributed by atoms with Crippen molar-refractivity contribution < 1.29 is 4.79 Å². The molecule has 0 bridgehead atoms. The molecule has 1 unspecified atom stereocenters. The van der Waals surface area contributed by atoms with Crippen LogP contribution in [0.15, 0.2) is 48.5 Å². The number of halogens is 1. The third kappa shape index (κ3) is 2.18. The molecule has 4 heteroatoms. The lowest BCUT2D eigenvalue weighted by Crippen LogP contribution is -2.44. The number of carbonyl (C=O) groups excluding carboxylic acids is 1. The molecule has 0 aromatic heterocycles. The van der Waals surface area contributed by atoms with E-state index >= 15 is 0 Å². The van der Waals surface area contributed by atoms with E-state index in [2.05, 4.69) is 17.4 Å². The Morgan fingerprint density at radius 2 is 1.86 bits per heavy atom. The smallest absolute Gasteiger partial charge is 0.310 e. The molecule has 2 aromatic rings. The molecule has 1 N–H and O–H groups in total. The summed E-state index contributed by atoms with van der Waals surface area (Å²) in [5.41, 5.74) is 3.05. The number of hydrogen-bond acceptors (Lipinski definition) is 1. The predicted octanol–water partition coefficient (Wildman–Crippen LogP) is 4.44. The number of nitrogens with one attached hydrogen (secondary N) is 1. The van der Waals surface area contributed by atoms with Crippen molar-refractivity contribution in [3.8, 4) is 0 Å². The molecule has 1 aliphatic carbocycles. The molecule has 1 heterocycles. The summed E-state index contributed by atoms with van der Waals surface area (Å²) >= 11 is 6.18. The lowest BCUT2D eigenvalue weighted by atomic mass is 9.94. The average Bonchev–Trinajstić information content (AvgIpc) is 3.32. The van der Waals surface area contributed by atoms with Crippen molar-refractivity contribution >= 4 is 23.3 Å². The van der Waals surface area contributed by atoms with Crippen LogP contribution in [0.4, 0.5) is 10.5 Å². The van der Waals surface area contributed by atoms with Gasteiger partial charge in [0.1, 0.15) is 0 Å². The lowest BCUT2D eigenvalue weighted by molar-refractivity contribution is 0.191. The summed E-state index contributed by atoms with van der Waals surface area (Å²) in [6, 6.07) is 16.1. The van der Waals surface area contributed by atoms with Gasteiger partial charge in [-0.25, -0.2) is 4.79 Å². The van der Waals surface area contributed by atoms with E-state index in [0.29, 0.717) is 11.1 Å². The fraction of sp³-hybridized carbons (Fsp3) is 0.235. The Labute approximate surface area is 128 Å². The second-order valence-electron chi connectivity index (χ2n) is 5.61. The second-order valence-corrected chi connectivity index (χ2v) is 6.05. The van der Waals surface area contributed by atoms with Gasteiger partial charge in [0.15, 0.2) is 0 Å². The van der Waals surface area contributed by atoms with Gasteiger partial charge < -0.3 is 10.2 Å². The number of urea groups is 1. The van der Waals surface area contributed by atoms with Gasteiger partial charge in [-0.3, -0.25) is 0 Å². The van der Waals surface area contributed by atoms with E-state index in [1.54, 1.807) is 0 Å². The van der Waals surface area contributed by atoms with Crippen molar-refractivity contribution in [2.24, 2.45) is 0 Å². The van der Waals surface area contributed by atoms with E-state index in [0.717, 1.165) is 29.7 Å². The first-order chi connectivity index (χ1) is 10.2. The van der Waals surface area contributed by atoms with Gasteiger partial charge in [0.25, 0.3) is 0 Å². The highest BCUT2D eigenvalue weighted by atomic mass is 35.5. The summed E-state index contributed by atoms with van der Waals surface area (Å²) in [5, 5.41) is 3.68. The van der Waals surface area contributed by atoms with Crippen LogP contribution in [0.25, 0.3) is 0 Å². The largest absolute Gasteiger partial charge is 0.322 e. The maximum absolute atomic E-state index is 12.5. The Balaban J connectivity index is 1.89. The van der Waals surface area contributed by atoms with Gasteiger partial charge in [0.2, 0.25) is 0 Å². The third-order valence-electron chi connectivity index (χ3n) is 4.12. The van der Waals surface area contributed by atoms with E-state index in [1.807, 2.05) is 41.3 Å². The Morgan fingerprint density at radius 1 is 1.10 bits per heavy atom. The monoisotopic (exact) mass is 298 g/mol. The van der Waals surface area contributed by atoms with Crippen LogP contribution in [0.1, 0.15) is 30.0 Å². The SMILES string of the molecule is O=C1Nc2ccc(Cl)cc2C(c2ccccc2)N1C1CC1. The van der Waals surface area contributed by atoms with Crippen molar-refractivity contribution in [3.05, 3.63) is 64.7 Å². The standard InChI is InChI=1S/C17H15ClN2O/c18-12-6-9-15-14(10-12)16(11-4-2-1-3-5-11)20(13-7-8-13)17(21)19-15/h1-6,9-10,13,16H,7-8H2,(H,19,21). The highest BCUT2D eigenvalue weighted by Gasteiger charge is 2.42. The number of hydrogen-bond donors (Lipinski definition) is 1. The van der Waals surface area contributed by atoms with Gasteiger partial charge in [0, 0.05) is 22.3 Å². The number of amides is 2. The van der Waals surface area contributed by atoms with E-state index < -0.39 is 0 Å². The van der Waals surface area contributed by atoms with Crippen LogP contribution in [-0.4, -0.2) is 17.0 Å². The Bertz CT molecular complexity index is 697. The molecule has 0 saturated heterocycles. The van der Waals surface area contributed by atoms with Gasteiger partial charge in [0.05, 0.1) is 6.04 Å². The fourth-order valence-corrected chi connectivity index (χ4v) is 3.21. The highest BCUT2D eigenvalue weighted by molar-refractivity contribution is 6.30. The molecule has 2 aliphatic rings. The van der Waals surface area contributed by atoms with Gasteiger partial charge in [-0.05, 0) is 36.6 Å². The molecule has 3 nitrogen and oxygen atoms in total. The number of benzene rings is 2. The molecule has 0 spiro atoms. The molecule has 21 heavy (non-hydrogen) atoms. The van der Waals surface area contributed by atoms with Gasteiger partial charge in [-0.2, -0.15) is 0 Å². The molecule has 1 fully saturated rings. The van der Waals surface area contributed by atoms with Crippen LogP contribution in [0.3, 0.4) is 0 Å². The zero-order chi connectivity index (χ0) is 14.4. The minimum Gasteiger partial charge on any atom is -0.310 e. The van der Waals surface area contributed by atoms with Crippen molar-refractivity contribution in [2.45, 2.75) is 24.9 Å². The summed E-state index contributed by atoms with van der Waals surface area (Å²) in [6.45, 7) is 0. The summed E-state index contributed by atoms with van der Waals surface area (Å²) in [5.74, 6) is 0. The molecular weight excluding hydrogens is 284 g/mol. The molecule has 2 aromatic carbocycles. The number of carbonyl (C=O) groups is 1. The van der Waals surface area contributed by atoms with E-state index in [4.69, 9.17) is 11.6 Å². The Hall–Kier alpha value is -2.00. The van der Waals surface area contributed by atoms with E-state index in [1.165, 1.54) is 0 Å². The maximum atomic E-state index is 12.5. The maximum Gasteiger partial charge on any atom is 0.322 e. The minimum atomic E-state index is -0.0545. The number of nitrogens with zero attached hydrogens (tertiary/aromatic N) is 1. The van der Waals surface area contributed by atoms with Gasteiger partial charge in [-0.15, -0.1) is 0 Å². The highest BCUT2D eigenvalue weighted by Crippen LogP contribution is 2.44. The molecule has 1 aliphatic heterocycles. The van der Waals surface area contributed by atoms with Crippen LogP contribution < -0.4 is 5.32 Å². The van der Waals surface area contributed by atoms with Crippen molar-refractivity contribution in [2.75, 3.05) is 5.32 Å². The summed E-state index contributed by atoms with van der Waals surface area (Å²) < 4.78 is 0. The summed E-state index contributed by atoms with van der Waals surface area (Å²) in [7, 11) is 0.